The van der Waals surface area contributed by atoms with Crippen LogP contribution in [0.25, 0.3) is 52.8 Å². The predicted molar refractivity (Wildman–Crippen MR) is 174 cm³/mol. The van der Waals surface area contributed by atoms with E-state index in [4.69, 9.17) is 0 Å². The molecule has 0 unspecified atom stereocenters. The van der Waals surface area contributed by atoms with Crippen molar-refractivity contribution in [2.45, 2.75) is 0 Å². The summed E-state index contributed by atoms with van der Waals surface area (Å²) in [4.78, 5) is 2.38. The zero-order chi connectivity index (χ0) is 26.5. The lowest BCUT2D eigenvalue weighted by Crippen LogP contribution is -2.10. The van der Waals surface area contributed by atoms with Gasteiger partial charge in [0, 0.05) is 36.9 Å². The highest BCUT2D eigenvalue weighted by atomic mass is 32.1. The van der Waals surface area contributed by atoms with Gasteiger partial charge in [-0.1, -0.05) is 103 Å². The summed E-state index contributed by atoms with van der Waals surface area (Å²) in [5.74, 6) is 0. The van der Waals surface area contributed by atoms with E-state index in [1.165, 1.54) is 58.5 Å². The molecule has 0 aliphatic heterocycles. The Balaban J connectivity index is 1.31. The molecule has 0 aliphatic carbocycles. The maximum absolute atomic E-state index is 2.38. The van der Waals surface area contributed by atoms with E-state index in [-0.39, 0.29) is 0 Å². The fourth-order valence-corrected chi connectivity index (χ4v) is 7.07. The topological polar surface area (TPSA) is 3.24 Å². The van der Waals surface area contributed by atoms with E-state index in [9.17, 15) is 0 Å². The van der Waals surface area contributed by atoms with Gasteiger partial charge in [-0.25, -0.2) is 0 Å². The predicted octanol–water partition coefficient (Wildman–Crippen LogP) is 11.5. The summed E-state index contributed by atoms with van der Waals surface area (Å²) in [6, 6.07) is 54.9. The Hall–Kier alpha value is -4.92. The van der Waals surface area contributed by atoms with Crippen molar-refractivity contribution in [3.8, 4) is 11.1 Å². The van der Waals surface area contributed by atoms with E-state index in [1.54, 1.807) is 0 Å². The standard InChI is InChI=1S/C38H25NS/c1-2-13-29(14-3-1)39(30-22-20-27(21-23-30)32-17-8-11-26-10-4-5-15-31(26)32)36-18-9-12-28-24-35-33-16-6-7-19-37(33)40-38(35)25-34(28)36/h1-25H. The molecule has 0 saturated heterocycles. The Morgan fingerprint density at radius 3 is 1.95 bits per heavy atom. The number of benzene rings is 7. The van der Waals surface area contributed by atoms with Crippen LogP contribution in [-0.2, 0) is 0 Å². The second kappa shape index (κ2) is 9.37. The molecule has 0 atom stereocenters. The fourth-order valence-electron chi connectivity index (χ4n) is 5.95. The summed E-state index contributed by atoms with van der Waals surface area (Å²) < 4.78 is 2.65. The minimum Gasteiger partial charge on any atom is -0.310 e. The molecule has 7 aromatic carbocycles. The van der Waals surface area contributed by atoms with Crippen LogP contribution >= 0.6 is 11.3 Å². The summed E-state index contributed by atoms with van der Waals surface area (Å²) in [6.07, 6.45) is 0. The minimum absolute atomic E-state index is 1.14. The van der Waals surface area contributed by atoms with Crippen LogP contribution in [0, 0.1) is 0 Å². The number of para-hydroxylation sites is 1. The lowest BCUT2D eigenvalue weighted by Gasteiger charge is -2.27. The Kier molecular flexibility index (Phi) is 5.39. The van der Waals surface area contributed by atoms with Crippen molar-refractivity contribution >= 4 is 70.1 Å². The first-order valence-corrected chi connectivity index (χ1v) is 14.4. The van der Waals surface area contributed by atoms with Crippen LogP contribution in [0.5, 0.6) is 0 Å². The Morgan fingerprint density at radius 2 is 1.07 bits per heavy atom. The van der Waals surface area contributed by atoms with E-state index in [2.05, 4.69) is 157 Å². The van der Waals surface area contributed by atoms with Crippen LogP contribution in [0.1, 0.15) is 0 Å². The lowest BCUT2D eigenvalue weighted by atomic mass is 9.98. The number of rotatable bonds is 4. The van der Waals surface area contributed by atoms with Gasteiger partial charge in [-0.2, -0.15) is 0 Å². The van der Waals surface area contributed by atoms with Gasteiger partial charge in [0.2, 0.25) is 0 Å². The molecule has 8 aromatic rings. The second-order valence-electron chi connectivity index (χ2n) is 10.2. The van der Waals surface area contributed by atoms with Gasteiger partial charge in [0.05, 0.1) is 5.69 Å². The van der Waals surface area contributed by atoms with Crippen molar-refractivity contribution in [2.24, 2.45) is 0 Å². The maximum Gasteiger partial charge on any atom is 0.0540 e. The average Bonchev–Trinajstić information content (AvgIpc) is 3.38. The molecule has 1 nitrogen and oxygen atoms in total. The molecule has 0 N–H and O–H groups in total. The SMILES string of the molecule is c1ccc(N(c2ccc(-c3cccc4ccccc34)cc2)c2cccc3cc4c(cc23)sc2ccccc24)cc1. The first-order valence-electron chi connectivity index (χ1n) is 13.6. The Morgan fingerprint density at radius 1 is 0.400 bits per heavy atom. The van der Waals surface area contributed by atoms with Gasteiger partial charge in [0.1, 0.15) is 0 Å². The molecule has 0 bridgehead atoms. The first kappa shape index (κ1) is 23.0. The molecule has 1 aromatic heterocycles. The molecule has 8 rings (SSSR count). The highest BCUT2D eigenvalue weighted by molar-refractivity contribution is 7.25. The lowest BCUT2D eigenvalue weighted by molar-refractivity contribution is 1.30. The summed E-state index contributed by atoms with van der Waals surface area (Å²) >= 11 is 1.87. The molecule has 40 heavy (non-hydrogen) atoms. The summed E-state index contributed by atoms with van der Waals surface area (Å²) in [5.41, 5.74) is 5.94. The molecule has 0 fully saturated rings. The number of fused-ring (bicyclic) bond motifs is 5. The molecule has 0 spiro atoms. The van der Waals surface area contributed by atoms with Crippen molar-refractivity contribution < 1.29 is 0 Å². The van der Waals surface area contributed by atoms with Gasteiger partial charge in [-0.05, 0) is 75.8 Å². The van der Waals surface area contributed by atoms with Gasteiger partial charge >= 0.3 is 0 Å². The Bertz CT molecular complexity index is 2150. The van der Waals surface area contributed by atoms with Crippen molar-refractivity contribution in [2.75, 3.05) is 4.90 Å². The zero-order valence-electron chi connectivity index (χ0n) is 21.8. The number of hydrogen-bond donors (Lipinski definition) is 0. The zero-order valence-corrected chi connectivity index (χ0v) is 22.6. The van der Waals surface area contributed by atoms with Crippen molar-refractivity contribution in [3.05, 3.63) is 152 Å². The molecule has 0 radical (unpaired) electrons. The van der Waals surface area contributed by atoms with Crippen molar-refractivity contribution in [1.29, 1.82) is 0 Å². The van der Waals surface area contributed by atoms with Gasteiger partial charge < -0.3 is 4.90 Å². The van der Waals surface area contributed by atoms with Crippen LogP contribution in [0.3, 0.4) is 0 Å². The quantitative estimate of drug-likeness (QED) is 0.220. The third-order valence-electron chi connectivity index (χ3n) is 7.84. The molecule has 2 heteroatoms. The molecule has 0 saturated carbocycles. The highest BCUT2D eigenvalue weighted by Crippen LogP contribution is 2.43. The number of nitrogens with zero attached hydrogens (tertiary/aromatic N) is 1. The molecule has 0 aliphatic rings. The van der Waals surface area contributed by atoms with Crippen molar-refractivity contribution in [1.82, 2.24) is 0 Å². The minimum atomic E-state index is 1.14. The molecular formula is C38H25NS. The molecule has 1 heterocycles. The van der Waals surface area contributed by atoms with E-state index in [0.717, 1.165) is 11.4 Å². The first-order chi connectivity index (χ1) is 19.8. The molecule has 188 valence electrons. The van der Waals surface area contributed by atoms with Crippen molar-refractivity contribution in [3.63, 3.8) is 0 Å². The van der Waals surface area contributed by atoms with Crippen LogP contribution < -0.4 is 4.90 Å². The van der Waals surface area contributed by atoms with Gasteiger partial charge in [0.25, 0.3) is 0 Å². The maximum atomic E-state index is 2.38. The second-order valence-corrected chi connectivity index (χ2v) is 11.3. The van der Waals surface area contributed by atoms with E-state index < -0.39 is 0 Å². The largest absolute Gasteiger partial charge is 0.310 e. The molecular weight excluding hydrogens is 502 g/mol. The van der Waals surface area contributed by atoms with Crippen LogP contribution in [0.15, 0.2) is 152 Å². The van der Waals surface area contributed by atoms with E-state index in [0.29, 0.717) is 0 Å². The monoisotopic (exact) mass is 527 g/mol. The normalized spacial score (nSPS) is 11.5. The average molecular weight is 528 g/mol. The van der Waals surface area contributed by atoms with E-state index in [1.807, 2.05) is 11.3 Å². The smallest absolute Gasteiger partial charge is 0.0540 e. The summed E-state index contributed by atoms with van der Waals surface area (Å²) in [5, 5.41) is 7.71. The summed E-state index contributed by atoms with van der Waals surface area (Å²) in [7, 11) is 0. The van der Waals surface area contributed by atoms with Gasteiger partial charge in [0.15, 0.2) is 0 Å². The van der Waals surface area contributed by atoms with Crippen LogP contribution in [0.2, 0.25) is 0 Å². The van der Waals surface area contributed by atoms with E-state index >= 15 is 0 Å². The molecule has 0 amide bonds. The highest BCUT2D eigenvalue weighted by Gasteiger charge is 2.17. The van der Waals surface area contributed by atoms with Gasteiger partial charge in [-0.3, -0.25) is 0 Å². The third kappa shape index (κ3) is 3.77. The van der Waals surface area contributed by atoms with Crippen LogP contribution in [0.4, 0.5) is 17.1 Å². The van der Waals surface area contributed by atoms with Gasteiger partial charge in [-0.15, -0.1) is 11.3 Å². The number of anilines is 3. The van der Waals surface area contributed by atoms with Crippen LogP contribution in [-0.4, -0.2) is 0 Å². The number of hydrogen-bond acceptors (Lipinski definition) is 2. The Labute approximate surface area is 237 Å². The fraction of sp³-hybridized carbons (Fsp3) is 0. The summed E-state index contributed by atoms with van der Waals surface area (Å²) in [6.45, 7) is 0. The number of thiophene rings is 1. The third-order valence-corrected chi connectivity index (χ3v) is 8.97.